The Balaban J connectivity index is 1.78. The second-order valence-corrected chi connectivity index (χ2v) is 6.44. The molecule has 0 amide bonds. The third kappa shape index (κ3) is 4.38. The number of hydrazone groups is 1. The van der Waals surface area contributed by atoms with E-state index in [9.17, 15) is 8.78 Å². The predicted molar refractivity (Wildman–Crippen MR) is 99.7 cm³/mol. The summed E-state index contributed by atoms with van der Waals surface area (Å²) in [6.07, 6.45) is 2.46. The highest BCUT2D eigenvalue weighted by molar-refractivity contribution is 5.99. The molecular formula is C20H23F2N3O. The second-order valence-electron chi connectivity index (χ2n) is 6.44. The number of nitrogens with zero attached hydrogens (tertiary/aromatic N) is 2. The number of hydrogen-bond acceptors (Lipinski definition) is 4. The quantitative estimate of drug-likeness (QED) is 0.613. The van der Waals surface area contributed by atoms with E-state index in [1.807, 2.05) is 19.1 Å². The van der Waals surface area contributed by atoms with Crippen molar-refractivity contribution in [3.05, 3.63) is 59.2 Å². The van der Waals surface area contributed by atoms with Gasteiger partial charge in [-0.15, -0.1) is 0 Å². The number of methoxy groups -OCH3 is 1. The lowest BCUT2D eigenvalue weighted by Crippen LogP contribution is -2.19. The van der Waals surface area contributed by atoms with E-state index in [0.29, 0.717) is 5.71 Å². The van der Waals surface area contributed by atoms with E-state index in [1.54, 1.807) is 7.11 Å². The molecule has 2 aromatic carbocycles. The number of hydrogen-bond donors (Lipinski definition) is 1. The molecule has 0 aliphatic carbocycles. The highest BCUT2D eigenvalue weighted by atomic mass is 19.1. The molecule has 0 bridgehead atoms. The summed E-state index contributed by atoms with van der Waals surface area (Å²) in [5, 5.41) is 4.23. The minimum absolute atomic E-state index is 0.136. The molecule has 1 fully saturated rings. The first-order valence-electron chi connectivity index (χ1n) is 8.72. The smallest absolute Gasteiger partial charge is 0.151 e. The van der Waals surface area contributed by atoms with Gasteiger partial charge in [0.25, 0.3) is 0 Å². The largest absolute Gasteiger partial charge is 0.496 e. The van der Waals surface area contributed by atoms with Gasteiger partial charge in [0.2, 0.25) is 0 Å². The van der Waals surface area contributed by atoms with Gasteiger partial charge < -0.3 is 4.74 Å². The van der Waals surface area contributed by atoms with Crippen molar-refractivity contribution in [2.24, 2.45) is 5.10 Å². The zero-order valence-electron chi connectivity index (χ0n) is 15.1. The lowest BCUT2D eigenvalue weighted by atomic mass is 10.1. The Bertz CT molecular complexity index is 802. The van der Waals surface area contributed by atoms with Crippen molar-refractivity contribution < 1.29 is 13.5 Å². The molecule has 0 aromatic heterocycles. The lowest BCUT2D eigenvalue weighted by Gasteiger charge is -2.18. The maximum absolute atomic E-state index is 13.7. The average Bonchev–Trinajstić information content (AvgIpc) is 3.13. The van der Waals surface area contributed by atoms with Crippen LogP contribution in [0.5, 0.6) is 5.75 Å². The van der Waals surface area contributed by atoms with E-state index in [-0.39, 0.29) is 5.69 Å². The Labute approximate surface area is 152 Å². The van der Waals surface area contributed by atoms with Crippen LogP contribution in [0, 0.1) is 11.6 Å². The average molecular weight is 359 g/mol. The van der Waals surface area contributed by atoms with Gasteiger partial charge >= 0.3 is 0 Å². The van der Waals surface area contributed by atoms with E-state index < -0.39 is 11.6 Å². The van der Waals surface area contributed by atoms with Crippen LogP contribution in [0.15, 0.2) is 41.5 Å². The van der Waals surface area contributed by atoms with Gasteiger partial charge in [0.15, 0.2) is 5.82 Å². The number of anilines is 1. The van der Waals surface area contributed by atoms with Crippen molar-refractivity contribution in [1.82, 2.24) is 4.90 Å². The Morgan fingerprint density at radius 2 is 1.92 bits per heavy atom. The molecule has 3 rings (SSSR count). The van der Waals surface area contributed by atoms with Crippen LogP contribution in [0.1, 0.15) is 30.9 Å². The van der Waals surface area contributed by atoms with Gasteiger partial charge in [-0.2, -0.15) is 5.10 Å². The first-order chi connectivity index (χ1) is 12.6. The van der Waals surface area contributed by atoms with Crippen LogP contribution in [-0.4, -0.2) is 30.8 Å². The summed E-state index contributed by atoms with van der Waals surface area (Å²) in [5.74, 6) is -0.438. The monoisotopic (exact) mass is 359 g/mol. The van der Waals surface area contributed by atoms with E-state index in [2.05, 4.69) is 21.5 Å². The zero-order chi connectivity index (χ0) is 18.5. The van der Waals surface area contributed by atoms with Gasteiger partial charge in [0.1, 0.15) is 11.6 Å². The number of rotatable bonds is 6. The van der Waals surface area contributed by atoms with Crippen LogP contribution in [0.2, 0.25) is 0 Å². The van der Waals surface area contributed by atoms with Crippen molar-refractivity contribution in [2.45, 2.75) is 26.3 Å². The summed E-state index contributed by atoms with van der Waals surface area (Å²) in [7, 11) is 1.67. The SMILES string of the molecule is COc1ccc(/C(C)=N\Nc2ccc(F)cc2F)cc1CN1CCCC1. The standard InChI is InChI=1S/C20H23F2N3O/c1-14(23-24-19-7-6-17(21)12-18(19)22)15-5-8-20(26-2)16(11-15)13-25-9-3-4-10-25/h5-8,11-12,24H,3-4,9-10,13H2,1-2H3/b23-14-. The normalized spacial score (nSPS) is 15.3. The molecular weight excluding hydrogens is 336 g/mol. The molecule has 26 heavy (non-hydrogen) atoms. The summed E-state index contributed by atoms with van der Waals surface area (Å²) < 4.78 is 32.2. The maximum Gasteiger partial charge on any atom is 0.151 e. The van der Waals surface area contributed by atoms with Crippen LogP contribution in [0.25, 0.3) is 0 Å². The number of nitrogens with one attached hydrogen (secondary N) is 1. The molecule has 0 atom stereocenters. The summed E-state index contributed by atoms with van der Waals surface area (Å²) in [5.41, 5.74) is 5.54. The fraction of sp³-hybridized carbons (Fsp3) is 0.350. The Morgan fingerprint density at radius 1 is 1.15 bits per heavy atom. The zero-order valence-corrected chi connectivity index (χ0v) is 15.1. The van der Waals surface area contributed by atoms with Gasteiger partial charge in [-0.3, -0.25) is 10.3 Å². The van der Waals surface area contributed by atoms with Crippen molar-refractivity contribution in [1.29, 1.82) is 0 Å². The van der Waals surface area contributed by atoms with Crippen LogP contribution in [-0.2, 0) is 6.54 Å². The highest BCUT2D eigenvalue weighted by Crippen LogP contribution is 2.24. The fourth-order valence-electron chi connectivity index (χ4n) is 3.10. The molecule has 1 saturated heterocycles. The van der Waals surface area contributed by atoms with Gasteiger partial charge in [0.05, 0.1) is 18.5 Å². The number of likely N-dealkylation sites (tertiary alicyclic amines) is 1. The van der Waals surface area contributed by atoms with Gasteiger partial charge in [-0.1, -0.05) is 0 Å². The molecule has 1 heterocycles. The molecule has 4 nitrogen and oxygen atoms in total. The summed E-state index contributed by atoms with van der Waals surface area (Å²) >= 11 is 0. The van der Waals surface area contributed by atoms with Gasteiger partial charge in [-0.25, -0.2) is 8.78 Å². The molecule has 0 radical (unpaired) electrons. The van der Waals surface area contributed by atoms with Crippen LogP contribution < -0.4 is 10.2 Å². The van der Waals surface area contributed by atoms with Crippen LogP contribution in [0.3, 0.4) is 0 Å². The summed E-state index contributed by atoms with van der Waals surface area (Å²) in [6, 6.07) is 9.26. The van der Waals surface area contributed by atoms with Crippen LogP contribution in [0.4, 0.5) is 14.5 Å². The topological polar surface area (TPSA) is 36.9 Å². The van der Waals surface area contributed by atoms with Crippen molar-refractivity contribution in [2.75, 3.05) is 25.6 Å². The molecule has 0 unspecified atom stereocenters. The molecule has 0 spiro atoms. The second kappa shape index (κ2) is 8.27. The van der Waals surface area contributed by atoms with Gasteiger partial charge in [-0.05, 0) is 68.8 Å². The molecule has 2 aromatic rings. The molecule has 6 heteroatoms. The third-order valence-electron chi connectivity index (χ3n) is 4.57. The molecule has 138 valence electrons. The first-order valence-corrected chi connectivity index (χ1v) is 8.72. The Kier molecular flexibility index (Phi) is 5.83. The van der Waals surface area contributed by atoms with E-state index in [4.69, 9.17) is 4.74 Å². The molecule has 1 N–H and O–H groups in total. The highest BCUT2D eigenvalue weighted by Gasteiger charge is 2.15. The van der Waals surface area contributed by atoms with E-state index >= 15 is 0 Å². The third-order valence-corrected chi connectivity index (χ3v) is 4.57. The van der Waals surface area contributed by atoms with E-state index in [1.165, 1.54) is 25.0 Å². The minimum Gasteiger partial charge on any atom is -0.496 e. The van der Waals surface area contributed by atoms with Crippen LogP contribution >= 0.6 is 0 Å². The van der Waals surface area contributed by atoms with Crippen molar-refractivity contribution in [3.8, 4) is 5.75 Å². The number of ether oxygens (including phenoxy) is 1. The van der Waals surface area contributed by atoms with Crippen molar-refractivity contribution in [3.63, 3.8) is 0 Å². The van der Waals surface area contributed by atoms with Crippen molar-refractivity contribution >= 4 is 11.4 Å². The Hall–Kier alpha value is -2.47. The maximum atomic E-state index is 13.7. The summed E-state index contributed by atoms with van der Waals surface area (Å²) in [6.45, 7) is 4.89. The number of halogens is 2. The summed E-state index contributed by atoms with van der Waals surface area (Å²) in [4.78, 5) is 2.40. The molecule has 1 aliphatic heterocycles. The lowest BCUT2D eigenvalue weighted by molar-refractivity contribution is 0.321. The predicted octanol–water partition coefficient (Wildman–Crippen LogP) is 4.41. The van der Waals surface area contributed by atoms with E-state index in [0.717, 1.165) is 42.6 Å². The first kappa shape index (κ1) is 18.3. The minimum atomic E-state index is -0.675. The Morgan fingerprint density at radius 3 is 2.62 bits per heavy atom. The molecule has 1 aliphatic rings. The number of benzene rings is 2. The van der Waals surface area contributed by atoms with Gasteiger partial charge in [0, 0.05) is 18.2 Å². The molecule has 0 saturated carbocycles. The fourth-order valence-corrected chi connectivity index (χ4v) is 3.10.